The molecule has 0 aromatic carbocycles. The van der Waals surface area contributed by atoms with Crippen LogP contribution in [0.15, 0.2) is 36.9 Å². The van der Waals surface area contributed by atoms with Crippen LogP contribution in [-0.2, 0) is 7.05 Å². The Morgan fingerprint density at radius 1 is 1.12 bits per heavy atom. The summed E-state index contributed by atoms with van der Waals surface area (Å²) in [5.41, 5.74) is 1.87. The highest BCUT2D eigenvalue weighted by atomic mass is 35.5. The van der Waals surface area contributed by atoms with Crippen LogP contribution in [0.25, 0.3) is 11.4 Å². The van der Waals surface area contributed by atoms with Crippen molar-refractivity contribution in [3.8, 4) is 17.1 Å². The van der Waals surface area contributed by atoms with Crippen LogP contribution in [0.4, 0.5) is 23.1 Å². The zero-order valence-electron chi connectivity index (χ0n) is 18.8. The molecule has 0 unspecified atom stereocenters. The molecule has 4 rings (SSSR count). The van der Waals surface area contributed by atoms with Gasteiger partial charge in [0.05, 0.1) is 18.4 Å². The van der Waals surface area contributed by atoms with Crippen molar-refractivity contribution in [2.75, 3.05) is 24.8 Å². The van der Waals surface area contributed by atoms with Gasteiger partial charge in [0.2, 0.25) is 0 Å². The van der Waals surface area contributed by atoms with Gasteiger partial charge in [0.1, 0.15) is 12.1 Å². The van der Waals surface area contributed by atoms with E-state index < -0.39 is 5.91 Å². The number of carbonyl (C=O) groups excluding carboxylic acids is 1. The van der Waals surface area contributed by atoms with Gasteiger partial charge in [0, 0.05) is 37.6 Å². The monoisotopic (exact) mass is 480 g/mol. The Labute approximate surface area is 199 Å². The third-order valence-electron chi connectivity index (χ3n) is 4.73. The minimum absolute atomic E-state index is 0.0631. The first-order valence-electron chi connectivity index (χ1n) is 10.0. The number of halogens is 1. The van der Waals surface area contributed by atoms with Crippen molar-refractivity contribution in [1.29, 1.82) is 0 Å². The average molecular weight is 481 g/mol. The lowest BCUT2D eigenvalue weighted by molar-refractivity contribution is 0.0958. The van der Waals surface area contributed by atoms with Gasteiger partial charge in [0.15, 0.2) is 28.9 Å². The van der Waals surface area contributed by atoms with E-state index in [1.165, 1.54) is 14.2 Å². The SMILES string of the molecule is CNC(=O)c1nnc(Nc2cc(Cl)c(C)cn2)cc1Nc1nccc(-c2ncn(C)n2)c1OC. The zero-order valence-corrected chi connectivity index (χ0v) is 19.5. The van der Waals surface area contributed by atoms with E-state index in [2.05, 4.69) is 46.2 Å². The van der Waals surface area contributed by atoms with Gasteiger partial charge < -0.3 is 20.7 Å². The average Bonchev–Trinajstić information content (AvgIpc) is 3.27. The zero-order chi connectivity index (χ0) is 24.2. The molecule has 0 radical (unpaired) electrons. The number of hydrogen-bond acceptors (Lipinski definition) is 10. The van der Waals surface area contributed by atoms with Crippen molar-refractivity contribution in [3.05, 3.63) is 53.2 Å². The van der Waals surface area contributed by atoms with Crippen LogP contribution in [0.2, 0.25) is 5.02 Å². The fourth-order valence-electron chi connectivity index (χ4n) is 3.04. The topological polar surface area (TPSA) is 145 Å². The van der Waals surface area contributed by atoms with Crippen molar-refractivity contribution in [2.45, 2.75) is 6.92 Å². The van der Waals surface area contributed by atoms with E-state index >= 15 is 0 Å². The molecule has 3 N–H and O–H groups in total. The molecular weight excluding hydrogens is 460 g/mol. The molecule has 0 aliphatic heterocycles. The summed E-state index contributed by atoms with van der Waals surface area (Å²) in [6.07, 6.45) is 4.81. The summed E-state index contributed by atoms with van der Waals surface area (Å²) in [5.74, 6) is 1.59. The normalized spacial score (nSPS) is 10.6. The van der Waals surface area contributed by atoms with Crippen LogP contribution >= 0.6 is 11.6 Å². The van der Waals surface area contributed by atoms with Crippen LogP contribution in [0.5, 0.6) is 5.75 Å². The van der Waals surface area contributed by atoms with Crippen molar-refractivity contribution < 1.29 is 9.53 Å². The smallest absolute Gasteiger partial charge is 0.273 e. The van der Waals surface area contributed by atoms with Crippen LogP contribution in [0, 0.1) is 6.92 Å². The highest BCUT2D eigenvalue weighted by molar-refractivity contribution is 6.31. The number of carbonyl (C=O) groups is 1. The number of nitrogens with one attached hydrogen (secondary N) is 3. The molecule has 0 aliphatic carbocycles. The second kappa shape index (κ2) is 9.67. The Morgan fingerprint density at radius 2 is 1.94 bits per heavy atom. The molecule has 0 spiro atoms. The number of amides is 1. The first-order chi connectivity index (χ1) is 16.4. The maximum atomic E-state index is 12.4. The van der Waals surface area contributed by atoms with E-state index in [4.69, 9.17) is 16.3 Å². The van der Waals surface area contributed by atoms with Crippen molar-refractivity contribution in [3.63, 3.8) is 0 Å². The molecule has 0 saturated heterocycles. The quantitative estimate of drug-likeness (QED) is 0.361. The molecule has 34 heavy (non-hydrogen) atoms. The number of anilines is 4. The van der Waals surface area contributed by atoms with Crippen molar-refractivity contribution in [2.24, 2.45) is 7.05 Å². The van der Waals surface area contributed by atoms with Gasteiger partial charge in [-0.05, 0) is 24.6 Å². The van der Waals surface area contributed by atoms with Gasteiger partial charge in [0.25, 0.3) is 5.91 Å². The predicted molar refractivity (Wildman–Crippen MR) is 127 cm³/mol. The lowest BCUT2D eigenvalue weighted by Crippen LogP contribution is -2.21. The standard InChI is InChI=1S/C21H21ClN10O2/c1-11-9-25-15(7-13(11)22)28-16-8-14(17(30-29-16)21(33)23-2)27-20-18(34-4)12(5-6-24-20)19-26-10-32(3)31-19/h5-10H,1-4H3,(H,23,33)(H2,24,25,27,28,29). The molecular formula is C21H21ClN10O2. The van der Waals surface area contributed by atoms with Gasteiger partial charge in [-0.1, -0.05) is 11.6 Å². The van der Waals surface area contributed by atoms with Crippen LogP contribution < -0.4 is 20.7 Å². The Balaban J connectivity index is 1.73. The number of aromatic nitrogens is 7. The minimum atomic E-state index is -0.431. The molecule has 0 atom stereocenters. The summed E-state index contributed by atoms with van der Waals surface area (Å²) in [6, 6.07) is 5.02. The Hall–Kier alpha value is -4.32. The summed E-state index contributed by atoms with van der Waals surface area (Å²) >= 11 is 6.19. The molecule has 13 heteroatoms. The number of hydrogen-bond donors (Lipinski definition) is 3. The van der Waals surface area contributed by atoms with Crippen molar-refractivity contribution >= 4 is 40.6 Å². The summed E-state index contributed by atoms with van der Waals surface area (Å²) in [5, 5.41) is 21.8. The predicted octanol–water partition coefficient (Wildman–Crippen LogP) is 2.88. The molecule has 0 aliphatic rings. The fraction of sp³-hybridized carbons (Fsp3) is 0.190. The van der Waals surface area contributed by atoms with E-state index in [0.29, 0.717) is 45.3 Å². The van der Waals surface area contributed by atoms with Crippen molar-refractivity contribution in [1.82, 2.24) is 40.2 Å². The number of nitrogens with zero attached hydrogens (tertiary/aromatic N) is 7. The number of ether oxygens (including phenoxy) is 1. The lowest BCUT2D eigenvalue weighted by atomic mass is 10.2. The highest BCUT2D eigenvalue weighted by Gasteiger charge is 2.20. The molecule has 0 saturated carbocycles. The van der Waals surface area contributed by atoms with E-state index in [-0.39, 0.29) is 5.69 Å². The number of methoxy groups -OCH3 is 1. The van der Waals surface area contributed by atoms with E-state index in [0.717, 1.165) is 5.56 Å². The van der Waals surface area contributed by atoms with Gasteiger partial charge in [-0.25, -0.2) is 15.0 Å². The van der Waals surface area contributed by atoms with Crippen LogP contribution in [0.1, 0.15) is 16.1 Å². The van der Waals surface area contributed by atoms with Gasteiger partial charge >= 0.3 is 0 Å². The maximum Gasteiger partial charge on any atom is 0.273 e. The molecule has 0 fully saturated rings. The van der Waals surface area contributed by atoms with E-state index in [1.54, 1.807) is 48.6 Å². The summed E-state index contributed by atoms with van der Waals surface area (Å²) in [7, 11) is 4.79. The minimum Gasteiger partial charge on any atom is -0.492 e. The number of rotatable bonds is 7. The lowest BCUT2D eigenvalue weighted by Gasteiger charge is -2.15. The third-order valence-corrected chi connectivity index (χ3v) is 5.14. The third kappa shape index (κ3) is 4.71. The second-order valence-electron chi connectivity index (χ2n) is 7.12. The summed E-state index contributed by atoms with van der Waals surface area (Å²) < 4.78 is 7.18. The van der Waals surface area contributed by atoms with Crippen LogP contribution in [0.3, 0.4) is 0 Å². The molecule has 4 aromatic rings. The Kier molecular flexibility index (Phi) is 6.50. The molecule has 4 heterocycles. The molecule has 4 aromatic heterocycles. The first kappa shape index (κ1) is 22.9. The molecule has 174 valence electrons. The number of aryl methyl sites for hydroxylation is 2. The molecule has 1 amide bonds. The summed E-state index contributed by atoms with van der Waals surface area (Å²) in [4.78, 5) is 25.4. The largest absolute Gasteiger partial charge is 0.492 e. The fourth-order valence-corrected chi connectivity index (χ4v) is 3.20. The Morgan fingerprint density at radius 3 is 2.62 bits per heavy atom. The van der Waals surface area contributed by atoms with E-state index in [9.17, 15) is 4.79 Å². The Bertz CT molecular complexity index is 1360. The van der Waals surface area contributed by atoms with Gasteiger partial charge in [-0.15, -0.1) is 10.2 Å². The first-order valence-corrected chi connectivity index (χ1v) is 10.4. The van der Waals surface area contributed by atoms with E-state index in [1.807, 2.05) is 6.92 Å². The number of pyridine rings is 2. The van der Waals surface area contributed by atoms with Gasteiger partial charge in [-0.3, -0.25) is 9.48 Å². The second-order valence-corrected chi connectivity index (χ2v) is 7.53. The molecule has 12 nitrogen and oxygen atoms in total. The summed E-state index contributed by atoms with van der Waals surface area (Å²) in [6.45, 7) is 1.86. The maximum absolute atomic E-state index is 12.4. The highest BCUT2D eigenvalue weighted by Crippen LogP contribution is 2.35. The van der Waals surface area contributed by atoms with Gasteiger partial charge in [-0.2, -0.15) is 5.10 Å². The van der Waals surface area contributed by atoms with Crippen LogP contribution in [-0.4, -0.2) is 55.0 Å². The molecule has 0 bridgehead atoms.